The van der Waals surface area contributed by atoms with Crippen LogP contribution in [-0.4, -0.2) is 9.97 Å². The van der Waals surface area contributed by atoms with Crippen molar-refractivity contribution in [1.82, 2.24) is 9.97 Å². The lowest BCUT2D eigenvalue weighted by Gasteiger charge is -1.88. The summed E-state index contributed by atoms with van der Waals surface area (Å²) in [5, 5.41) is 0. The summed E-state index contributed by atoms with van der Waals surface area (Å²) in [5.74, 6) is 1.08. The number of rotatable bonds is 2. The normalized spacial score (nSPS) is 11.9. The lowest BCUT2D eigenvalue weighted by Crippen LogP contribution is -1.72. The van der Waals surface area contributed by atoms with Gasteiger partial charge in [0, 0.05) is 12.2 Å². The third kappa shape index (κ3) is 2.29. The van der Waals surface area contributed by atoms with Crippen LogP contribution in [0.1, 0.15) is 22.9 Å². The Morgan fingerprint density at radius 1 is 0.727 bits per heavy atom. The highest BCUT2D eigenvalue weighted by Gasteiger charge is 2.05. The van der Waals surface area contributed by atoms with Crippen LogP contribution in [-0.2, 0) is 0 Å². The van der Waals surface area contributed by atoms with E-state index in [0.29, 0.717) is 11.8 Å². The molecule has 0 aliphatic heterocycles. The molecule has 0 aliphatic rings. The summed E-state index contributed by atoms with van der Waals surface area (Å²) in [4.78, 5) is 8.83. The van der Waals surface area contributed by atoms with Crippen molar-refractivity contribution in [2.45, 2.75) is 13.8 Å². The van der Waals surface area contributed by atoms with E-state index in [0.717, 1.165) is 33.3 Å². The van der Waals surface area contributed by atoms with Gasteiger partial charge in [-0.05, 0) is 49.2 Å². The summed E-state index contributed by atoms with van der Waals surface area (Å²) in [6.45, 7) is 4.05. The Hall–Kier alpha value is -2.88. The number of nitrogens with zero attached hydrogens (tertiary/aromatic N) is 2. The van der Waals surface area contributed by atoms with E-state index in [9.17, 15) is 0 Å². The zero-order valence-electron chi connectivity index (χ0n) is 12.3. The predicted molar refractivity (Wildman–Crippen MR) is 86.4 cm³/mol. The first-order valence-corrected chi connectivity index (χ1v) is 7.10. The molecule has 2 heterocycles. The highest BCUT2D eigenvalue weighted by molar-refractivity contribution is 5.78. The van der Waals surface area contributed by atoms with Gasteiger partial charge in [0.1, 0.15) is 11.0 Å². The molecule has 0 N–H and O–H groups in total. The van der Waals surface area contributed by atoms with Crippen molar-refractivity contribution in [3.05, 3.63) is 59.3 Å². The number of oxazole rings is 2. The highest BCUT2D eigenvalue weighted by atomic mass is 16.4. The minimum atomic E-state index is 0.541. The molecule has 0 spiro atoms. The molecular formula is C18H14N2O2. The summed E-state index contributed by atoms with van der Waals surface area (Å²) in [6.07, 6.45) is 3.54. The third-order valence-electron chi connectivity index (χ3n) is 3.49. The molecule has 108 valence electrons. The Morgan fingerprint density at radius 3 is 1.64 bits per heavy atom. The summed E-state index contributed by atoms with van der Waals surface area (Å²) < 4.78 is 11.4. The van der Waals surface area contributed by atoms with E-state index in [1.165, 1.54) is 0 Å². The molecule has 0 bridgehead atoms. The van der Waals surface area contributed by atoms with Crippen molar-refractivity contribution < 1.29 is 8.83 Å². The molecule has 2 aromatic heterocycles. The monoisotopic (exact) mass is 290 g/mol. The van der Waals surface area contributed by atoms with Gasteiger partial charge in [-0.15, -0.1) is 0 Å². The number of hydrogen-bond donors (Lipinski definition) is 0. The zero-order valence-corrected chi connectivity index (χ0v) is 12.3. The molecule has 22 heavy (non-hydrogen) atoms. The van der Waals surface area contributed by atoms with Crippen LogP contribution in [0.5, 0.6) is 0 Å². The molecule has 0 amide bonds. The van der Waals surface area contributed by atoms with Gasteiger partial charge in [0.25, 0.3) is 0 Å². The summed E-state index contributed by atoms with van der Waals surface area (Å²) in [7, 11) is 0. The molecule has 4 aromatic rings. The topological polar surface area (TPSA) is 52.1 Å². The van der Waals surface area contributed by atoms with E-state index in [1.807, 2.05) is 50.2 Å². The standard InChI is InChI=1S/C18H14N2O2/c1-11-3-5-13-15(9-11)21-17(19-13)7-8-18-20-14-6-4-12(2)10-16(14)22-18/h3-10H,1-2H3. The summed E-state index contributed by atoms with van der Waals surface area (Å²) in [6, 6.07) is 11.9. The van der Waals surface area contributed by atoms with E-state index in [1.54, 1.807) is 12.2 Å². The van der Waals surface area contributed by atoms with Gasteiger partial charge in [-0.1, -0.05) is 12.1 Å². The van der Waals surface area contributed by atoms with Crippen LogP contribution in [0.25, 0.3) is 34.4 Å². The van der Waals surface area contributed by atoms with Gasteiger partial charge in [0.15, 0.2) is 11.2 Å². The molecular weight excluding hydrogens is 276 g/mol. The Balaban J connectivity index is 1.68. The molecule has 4 rings (SSSR count). The van der Waals surface area contributed by atoms with Crippen molar-refractivity contribution >= 4 is 34.4 Å². The van der Waals surface area contributed by atoms with Gasteiger partial charge in [-0.25, -0.2) is 9.97 Å². The van der Waals surface area contributed by atoms with Crippen molar-refractivity contribution in [3.63, 3.8) is 0 Å². The van der Waals surface area contributed by atoms with E-state index in [-0.39, 0.29) is 0 Å². The van der Waals surface area contributed by atoms with Crippen LogP contribution >= 0.6 is 0 Å². The second-order valence-electron chi connectivity index (χ2n) is 5.38. The van der Waals surface area contributed by atoms with Crippen LogP contribution in [0.4, 0.5) is 0 Å². The Bertz CT molecular complexity index is 926. The van der Waals surface area contributed by atoms with E-state index >= 15 is 0 Å². The lowest BCUT2D eigenvalue weighted by atomic mass is 10.2. The molecule has 4 nitrogen and oxygen atoms in total. The minimum Gasteiger partial charge on any atom is -0.437 e. The second kappa shape index (κ2) is 4.84. The van der Waals surface area contributed by atoms with E-state index in [4.69, 9.17) is 8.83 Å². The first-order valence-electron chi connectivity index (χ1n) is 7.10. The van der Waals surface area contributed by atoms with Gasteiger partial charge in [-0.2, -0.15) is 0 Å². The molecule has 2 aromatic carbocycles. The van der Waals surface area contributed by atoms with E-state index in [2.05, 4.69) is 9.97 Å². The van der Waals surface area contributed by atoms with Crippen LogP contribution in [0, 0.1) is 13.8 Å². The molecule has 0 saturated heterocycles. The maximum atomic E-state index is 5.70. The van der Waals surface area contributed by atoms with Crippen LogP contribution in [0.3, 0.4) is 0 Å². The van der Waals surface area contributed by atoms with Crippen LogP contribution in [0.2, 0.25) is 0 Å². The fraction of sp³-hybridized carbons (Fsp3) is 0.111. The molecule has 0 unspecified atom stereocenters. The fourth-order valence-corrected chi connectivity index (χ4v) is 2.38. The van der Waals surface area contributed by atoms with Crippen molar-refractivity contribution in [2.24, 2.45) is 0 Å². The van der Waals surface area contributed by atoms with Crippen molar-refractivity contribution in [3.8, 4) is 0 Å². The number of aryl methyl sites for hydroxylation is 2. The highest BCUT2D eigenvalue weighted by Crippen LogP contribution is 2.20. The van der Waals surface area contributed by atoms with Gasteiger partial charge in [0.05, 0.1) is 0 Å². The number of benzene rings is 2. The van der Waals surface area contributed by atoms with Crippen LogP contribution in [0.15, 0.2) is 45.2 Å². The Kier molecular flexibility index (Phi) is 2.82. The van der Waals surface area contributed by atoms with E-state index < -0.39 is 0 Å². The molecule has 0 aliphatic carbocycles. The molecule has 0 atom stereocenters. The first kappa shape index (κ1) is 12.8. The van der Waals surface area contributed by atoms with Crippen molar-refractivity contribution in [2.75, 3.05) is 0 Å². The lowest BCUT2D eigenvalue weighted by molar-refractivity contribution is 0.583. The fourth-order valence-electron chi connectivity index (χ4n) is 2.38. The summed E-state index contributed by atoms with van der Waals surface area (Å²) in [5.41, 5.74) is 5.56. The summed E-state index contributed by atoms with van der Waals surface area (Å²) >= 11 is 0. The first-order chi connectivity index (χ1) is 10.7. The smallest absolute Gasteiger partial charge is 0.220 e. The largest absolute Gasteiger partial charge is 0.437 e. The van der Waals surface area contributed by atoms with Crippen molar-refractivity contribution in [1.29, 1.82) is 0 Å². The van der Waals surface area contributed by atoms with Gasteiger partial charge < -0.3 is 8.83 Å². The molecule has 0 radical (unpaired) electrons. The van der Waals surface area contributed by atoms with Crippen LogP contribution < -0.4 is 0 Å². The average molecular weight is 290 g/mol. The number of fused-ring (bicyclic) bond motifs is 2. The third-order valence-corrected chi connectivity index (χ3v) is 3.49. The zero-order chi connectivity index (χ0) is 15.1. The predicted octanol–water partition coefficient (Wildman–Crippen LogP) is 4.76. The minimum absolute atomic E-state index is 0.541. The Morgan fingerprint density at radius 2 is 1.18 bits per heavy atom. The van der Waals surface area contributed by atoms with Gasteiger partial charge >= 0.3 is 0 Å². The maximum absolute atomic E-state index is 5.70. The Labute approximate surface area is 127 Å². The quantitative estimate of drug-likeness (QED) is 0.534. The number of hydrogen-bond acceptors (Lipinski definition) is 4. The SMILES string of the molecule is Cc1ccc2nc(C=Cc3nc4ccc(C)cc4o3)oc2c1. The number of aromatic nitrogens is 2. The average Bonchev–Trinajstić information content (AvgIpc) is 3.07. The molecule has 4 heteroatoms. The maximum Gasteiger partial charge on any atom is 0.220 e. The second-order valence-corrected chi connectivity index (χ2v) is 5.38. The molecule has 0 fully saturated rings. The molecule has 0 saturated carbocycles. The van der Waals surface area contributed by atoms with Gasteiger partial charge in [0.2, 0.25) is 11.8 Å². The van der Waals surface area contributed by atoms with Gasteiger partial charge in [-0.3, -0.25) is 0 Å².